The zero-order valence-corrected chi connectivity index (χ0v) is 30.4. The van der Waals surface area contributed by atoms with Crippen molar-refractivity contribution in [2.45, 2.75) is 95.6 Å². The smallest absolute Gasteiger partial charge is 0.255 e. The highest BCUT2D eigenvalue weighted by Crippen LogP contribution is 2.23. The summed E-state index contributed by atoms with van der Waals surface area (Å²) < 4.78 is 28.3. The Hall–Kier alpha value is -5.38. The minimum atomic E-state index is -1.30. The molecule has 2 saturated heterocycles. The van der Waals surface area contributed by atoms with Crippen LogP contribution in [0.25, 0.3) is 10.9 Å². The van der Waals surface area contributed by atoms with Gasteiger partial charge < -0.3 is 41.6 Å². The highest BCUT2D eigenvalue weighted by molar-refractivity contribution is 5.99. The average molecular weight is 752 g/mol. The van der Waals surface area contributed by atoms with Crippen molar-refractivity contribution in [1.82, 2.24) is 36.5 Å². The van der Waals surface area contributed by atoms with Gasteiger partial charge in [-0.2, -0.15) is 0 Å². The summed E-state index contributed by atoms with van der Waals surface area (Å²) in [6, 6.07) is 3.85. The number of carbonyl (C=O) groups is 6. The number of amides is 6. The van der Waals surface area contributed by atoms with Crippen LogP contribution in [-0.4, -0.2) is 99.8 Å². The van der Waals surface area contributed by atoms with E-state index >= 15 is 0 Å². The molecule has 2 aliphatic heterocycles. The van der Waals surface area contributed by atoms with Gasteiger partial charge in [-0.05, 0) is 68.4 Å². The molecule has 0 unspecified atom stereocenters. The Morgan fingerprint density at radius 1 is 0.944 bits per heavy atom. The maximum Gasteiger partial charge on any atom is 0.255 e. The number of hydrogen-bond acceptors (Lipinski definition) is 7. The van der Waals surface area contributed by atoms with Crippen LogP contribution in [0.1, 0.15) is 68.8 Å². The highest BCUT2D eigenvalue weighted by atomic mass is 19.1. The van der Waals surface area contributed by atoms with Gasteiger partial charge in [0.05, 0.1) is 11.7 Å². The van der Waals surface area contributed by atoms with Crippen LogP contribution < -0.4 is 26.6 Å². The van der Waals surface area contributed by atoms with E-state index in [0.717, 1.165) is 23.0 Å². The predicted molar refractivity (Wildman–Crippen MR) is 194 cm³/mol. The highest BCUT2D eigenvalue weighted by Gasteiger charge is 2.42. The van der Waals surface area contributed by atoms with E-state index in [1.165, 1.54) is 11.8 Å². The van der Waals surface area contributed by atoms with E-state index in [9.17, 15) is 42.7 Å². The Balaban J connectivity index is 1.45. The first-order valence-electron chi connectivity index (χ1n) is 18.2. The number of halogens is 2. The first-order chi connectivity index (χ1) is 25.7. The first kappa shape index (κ1) is 39.8. The lowest BCUT2D eigenvalue weighted by Crippen LogP contribution is -2.59. The number of fused-ring (bicyclic) bond motifs is 2. The second-order valence-electron chi connectivity index (χ2n) is 14.4. The number of nitrogens with zero attached hydrogens (tertiary/aromatic N) is 1. The number of para-hydroxylation sites is 1. The van der Waals surface area contributed by atoms with Gasteiger partial charge in [-0.15, -0.1) is 0 Å². The van der Waals surface area contributed by atoms with Crippen molar-refractivity contribution in [3.63, 3.8) is 0 Å². The molecule has 6 atom stereocenters. The van der Waals surface area contributed by atoms with Crippen LogP contribution in [0.4, 0.5) is 8.78 Å². The minimum absolute atomic E-state index is 0.00379. The number of carbonyl (C=O) groups excluding carboxylic acids is 6. The molecule has 2 fully saturated rings. The van der Waals surface area contributed by atoms with Gasteiger partial charge in [-0.1, -0.05) is 32.0 Å². The number of hydrogen-bond donors (Lipinski definition) is 7. The minimum Gasteiger partial charge on any atom is -0.391 e. The number of aromatic amines is 1. The number of aliphatic hydroxyl groups is 1. The molecular formula is C38H47F2N7O7. The van der Waals surface area contributed by atoms with Crippen LogP contribution in [0.5, 0.6) is 0 Å². The van der Waals surface area contributed by atoms with Crippen molar-refractivity contribution in [1.29, 1.82) is 0 Å². The van der Waals surface area contributed by atoms with E-state index in [1.54, 1.807) is 6.20 Å². The molecule has 16 heteroatoms. The summed E-state index contributed by atoms with van der Waals surface area (Å²) in [6.45, 7) is 5.14. The number of nitrogens with one attached hydrogen (secondary N) is 6. The third kappa shape index (κ3) is 9.78. The van der Waals surface area contributed by atoms with E-state index in [2.05, 4.69) is 31.6 Å². The van der Waals surface area contributed by atoms with E-state index in [-0.39, 0.29) is 51.1 Å². The molecule has 3 aromatic rings. The SMILES string of the molecule is CC(C)C[C@H]1NC(=O)[C@H](Cc2c[nH]c3ccccc23)NC(=O)[C@@H](C)NC(=O)[C@@H](NC(=O)c2cc(F)ccc2F)CCCCNC(=O)[C@@H]2C[C@@H](O)CN2C1=O. The quantitative estimate of drug-likeness (QED) is 0.198. The molecule has 5 rings (SSSR count). The van der Waals surface area contributed by atoms with Crippen molar-refractivity contribution in [3.05, 3.63) is 71.4 Å². The summed E-state index contributed by atoms with van der Waals surface area (Å²) in [5, 5.41) is 24.6. The largest absolute Gasteiger partial charge is 0.391 e. The molecule has 0 spiro atoms. The molecule has 6 amide bonds. The lowest BCUT2D eigenvalue weighted by molar-refractivity contribution is -0.142. The Labute approximate surface area is 311 Å². The topological polar surface area (TPSA) is 202 Å². The van der Waals surface area contributed by atoms with Crippen LogP contribution in [0.15, 0.2) is 48.7 Å². The summed E-state index contributed by atoms with van der Waals surface area (Å²) >= 11 is 0. The van der Waals surface area contributed by atoms with Gasteiger partial charge in [0.2, 0.25) is 29.5 Å². The van der Waals surface area contributed by atoms with Crippen LogP contribution in [-0.2, 0) is 30.4 Å². The zero-order valence-electron chi connectivity index (χ0n) is 30.4. The fourth-order valence-corrected chi connectivity index (χ4v) is 6.86. The Morgan fingerprint density at radius 3 is 2.44 bits per heavy atom. The van der Waals surface area contributed by atoms with Gasteiger partial charge in [0.15, 0.2) is 0 Å². The molecule has 0 bridgehead atoms. The van der Waals surface area contributed by atoms with Gasteiger partial charge in [-0.25, -0.2) is 8.78 Å². The van der Waals surface area contributed by atoms with E-state index in [0.29, 0.717) is 18.1 Å². The monoisotopic (exact) mass is 751 g/mol. The van der Waals surface area contributed by atoms with Crippen LogP contribution in [0.2, 0.25) is 0 Å². The Kier molecular flexibility index (Phi) is 13.0. The van der Waals surface area contributed by atoms with Gasteiger partial charge >= 0.3 is 0 Å². The summed E-state index contributed by atoms with van der Waals surface area (Å²) in [6.07, 6.45) is 1.51. The van der Waals surface area contributed by atoms with Crippen LogP contribution >= 0.6 is 0 Å². The number of aromatic nitrogens is 1. The molecule has 7 N–H and O–H groups in total. The summed E-state index contributed by atoms with van der Waals surface area (Å²) in [4.78, 5) is 86.2. The van der Waals surface area contributed by atoms with E-state index < -0.39 is 89.0 Å². The molecule has 3 heterocycles. The lowest BCUT2D eigenvalue weighted by Gasteiger charge is -2.30. The molecule has 2 aliphatic rings. The average Bonchev–Trinajstić information content (AvgIpc) is 3.73. The summed E-state index contributed by atoms with van der Waals surface area (Å²) in [5.74, 6) is -6.24. The maximum absolute atomic E-state index is 14.5. The molecule has 14 nitrogen and oxygen atoms in total. The zero-order chi connectivity index (χ0) is 39.1. The Morgan fingerprint density at radius 2 is 1.69 bits per heavy atom. The summed E-state index contributed by atoms with van der Waals surface area (Å²) in [5.41, 5.74) is 0.878. The first-order valence-corrected chi connectivity index (χ1v) is 18.2. The van der Waals surface area contributed by atoms with Gasteiger partial charge in [-0.3, -0.25) is 28.8 Å². The van der Waals surface area contributed by atoms with Crippen molar-refractivity contribution >= 4 is 46.3 Å². The van der Waals surface area contributed by atoms with Crippen molar-refractivity contribution < 1.29 is 42.7 Å². The molecule has 0 radical (unpaired) electrons. The third-order valence-corrected chi connectivity index (χ3v) is 9.68. The van der Waals surface area contributed by atoms with Crippen LogP contribution in [0.3, 0.4) is 0 Å². The molecule has 2 aromatic carbocycles. The number of aliphatic hydroxyl groups excluding tert-OH is 1. The second-order valence-corrected chi connectivity index (χ2v) is 14.4. The normalized spacial score (nSPS) is 25.2. The molecular weight excluding hydrogens is 704 g/mol. The van der Waals surface area contributed by atoms with Crippen LogP contribution in [0, 0.1) is 17.6 Å². The number of rotatable bonds is 6. The van der Waals surface area contributed by atoms with Gasteiger partial charge in [0.1, 0.15) is 41.8 Å². The molecule has 290 valence electrons. The standard InChI is InChI=1S/C38H47F2N7O7/c1-20(2)14-31-38(54)47-19-24(48)17-32(47)37(53)41-13-7-6-10-29(44-34(50)26-16-23(39)11-12-27(26)40)35(51)43-21(3)33(49)45-30(36(52)46-31)15-22-18-42-28-9-5-4-8-25(22)28/h4-5,8-9,11-12,16,18,20-21,24,29-32,42,48H,6-7,10,13-15,17,19H2,1-3H3,(H,41,53)(H,43,51)(H,44,50)(H,45,49)(H,46,52)/t21-,24-,29+,30+,31-,32+/m1/s1. The predicted octanol–water partition coefficient (Wildman–Crippen LogP) is 1.57. The summed E-state index contributed by atoms with van der Waals surface area (Å²) in [7, 11) is 0. The van der Waals surface area contributed by atoms with E-state index in [1.807, 2.05) is 38.1 Å². The van der Waals surface area contributed by atoms with Gasteiger partial charge in [0.25, 0.3) is 5.91 Å². The molecule has 54 heavy (non-hydrogen) atoms. The van der Waals surface area contributed by atoms with Crippen molar-refractivity contribution in [2.24, 2.45) is 5.92 Å². The lowest BCUT2D eigenvalue weighted by atomic mass is 10.00. The Bertz CT molecular complexity index is 1880. The fourth-order valence-electron chi connectivity index (χ4n) is 6.86. The van der Waals surface area contributed by atoms with Crippen molar-refractivity contribution in [2.75, 3.05) is 13.1 Å². The third-order valence-electron chi connectivity index (χ3n) is 9.68. The second kappa shape index (κ2) is 17.6. The molecule has 1 aromatic heterocycles. The fraction of sp³-hybridized carbons (Fsp3) is 0.474. The molecule has 0 aliphatic carbocycles. The number of H-pyrrole nitrogens is 1. The molecule has 0 saturated carbocycles. The van der Waals surface area contributed by atoms with Crippen molar-refractivity contribution in [3.8, 4) is 0 Å². The van der Waals surface area contributed by atoms with Gasteiger partial charge in [0, 0.05) is 43.0 Å². The van der Waals surface area contributed by atoms with E-state index in [4.69, 9.17) is 0 Å². The maximum atomic E-state index is 14.5. The number of benzene rings is 2.